The van der Waals surface area contributed by atoms with Gasteiger partial charge in [-0.15, -0.1) is 0 Å². The molecule has 2 amide bonds. The number of ether oxygens (including phenoxy) is 1. The molecular formula is C12H20N2O5. The summed E-state index contributed by atoms with van der Waals surface area (Å²) in [5.74, 6) is -1.36. The van der Waals surface area contributed by atoms with Gasteiger partial charge >= 0.3 is 5.97 Å². The molecule has 108 valence electrons. The fourth-order valence-corrected chi connectivity index (χ4v) is 1.94. The zero-order chi connectivity index (χ0) is 14.3. The van der Waals surface area contributed by atoms with Gasteiger partial charge in [-0.3, -0.25) is 14.4 Å². The second-order valence-corrected chi connectivity index (χ2v) is 4.71. The Morgan fingerprint density at radius 2 is 1.84 bits per heavy atom. The van der Waals surface area contributed by atoms with E-state index in [-0.39, 0.29) is 31.3 Å². The molecule has 1 aliphatic heterocycles. The molecule has 7 nitrogen and oxygen atoms in total. The first-order valence-corrected chi connectivity index (χ1v) is 6.28. The molecule has 1 aliphatic rings. The van der Waals surface area contributed by atoms with Crippen molar-refractivity contribution < 1.29 is 24.2 Å². The Balaban J connectivity index is 2.37. The van der Waals surface area contributed by atoms with Crippen molar-refractivity contribution >= 4 is 17.8 Å². The van der Waals surface area contributed by atoms with E-state index >= 15 is 0 Å². The van der Waals surface area contributed by atoms with Gasteiger partial charge in [0, 0.05) is 39.6 Å². The van der Waals surface area contributed by atoms with Crippen LogP contribution in [0.1, 0.15) is 26.2 Å². The standard InChI is InChI=1S/C12H20N2O5/c1-9(15)13-5-2-10(16)14-8-12(11(17)18)3-6-19-7-4-12/h2-8H2,1H3,(H,13,15)(H,14,16)(H,17,18). The van der Waals surface area contributed by atoms with Gasteiger partial charge in [-0.1, -0.05) is 0 Å². The molecule has 1 saturated heterocycles. The van der Waals surface area contributed by atoms with Crippen molar-refractivity contribution in [1.29, 1.82) is 0 Å². The number of aliphatic carboxylic acids is 1. The number of nitrogens with one attached hydrogen (secondary N) is 2. The highest BCUT2D eigenvalue weighted by Crippen LogP contribution is 2.30. The van der Waals surface area contributed by atoms with Gasteiger partial charge in [0.05, 0.1) is 5.41 Å². The Labute approximate surface area is 111 Å². The zero-order valence-corrected chi connectivity index (χ0v) is 11.0. The predicted molar refractivity (Wildman–Crippen MR) is 66.4 cm³/mol. The van der Waals surface area contributed by atoms with Crippen molar-refractivity contribution in [1.82, 2.24) is 10.6 Å². The largest absolute Gasteiger partial charge is 0.481 e. The second kappa shape index (κ2) is 7.08. The molecule has 0 aliphatic carbocycles. The lowest BCUT2D eigenvalue weighted by Crippen LogP contribution is -2.46. The molecule has 0 bridgehead atoms. The fourth-order valence-electron chi connectivity index (χ4n) is 1.94. The van der Waals surface area contributed by atoms with Crippen LogP contribution in [-0.4, -0.2) is 49.2 Å². The molecule has 0 aromatic carbocycles. The lowest BCUT2D eigenvalue weighted by atomic mass is 9.80. The van der Waals surface area contributed by atoms with Gasteiger partial charge in [0.1, 0.15) is 0 Å². The molecule has 0 aromatic heterocycles. The Bertz CT molecular complexity index is 350. The Hall–Kier alpha value is -1.63. The van der Waals surface area contributed by atoms with E-state index in [1.165, 1.54) is 6.92 Å². The van der Waals surface area contributed by atoms with E-state index in [2.05, 4.69) is 10.6 Å². The zero-order valence-electron chi connectivity index (χ0n) is 11.0. The van der Waals surface area contributed by atoms with Gasteiger partial charge in [-0.05, 0) is 12.8 Å². The van der Waals surface area contributed by atoms with Crippen LogP contribution in [0.25, 0.3) is 0 Å². The van der Waals surface area contributed by atoms with E-state index < -0.39 is 11.4 Å². The van der Waals surface area contributed by atoms with Gasteiger partial charge in [0.2, 0.25) is 11.8 Å². The maximum atomic E-state index is 11.5. The highest BCUT2D eigenvalue weighted by molar-refractivity contribution is 5.80. The summed E-state index contributed by atoms with van der Waals surface area (Å²) in [6.07, 6.45) is 0.939. The second-order valence-electron chi connectivity index (χ2n) is 4.71. The van der Waals surface area contributed by atoms with Crippen molar-refractivity contribution in [3.8, 4) is 0 Å². The van der Waals surface area contributed by atoms with E-state index in [0.29, 0.717) is 26.1 Å². The summed E-state index contributed by atoms with van der Waals surface area (Å²) in [6.45, 7) is 2.52. The number of hydrogen-bond acceptors (Lipinski definition) is 4. The fraction of sp³-hybridized carbons (Fsp3) is 0.750. The van der Waals surface area contributed by atoms with E-state index in [0.717, 1.165) is 0 Å². The summed E-state index contributed by atoms with van der Waals surface area (Å²) in [7, 11) is 0. The van der Waals surface area contributed by atoms with Crippen molar-refractivity contribution in [2.45, 2.75) is 26.2 Å². The van der Waals surface area contributed by atoms with Crippen molar-refractivity contribution in [3.05, 3.63) is 0 Å². The summed E-state index contributed by atoms with van der Waals surface area (Å²) < 4.78 is 5.15. The smallest absolute Gasteiger partial charge is 0.311 e. The molecule has 0 spiro atoms. The molecule has 1 fully saturated rings. The van der Waals surface area contributed by atoms with Gasteiger partial charge in [-0.25, -0.2) is 0 Å². The highest BCUT2D eigenvalue weighted by Gasteiger charge is 2.40. The quantitative estimate of drug-likeness (QED) is 0.605. The number of rotatable bonds is 6. The van der Waals surface area contributed by atoms with Crippen LogP contribution >= 0.6 is 0 Å². The first kappa shape index (κ1) is 15.4. The van der Waals surface area contributed by atoms with Crippen LogP contribution in [0.15, 0.2) is 0 Å². The third-order valence-corrected chi connectivity index (χ3v) is 3.25. The molecule has 3 N–H and O–H groups in total. The Morgan fingerprint density at radius 3 is 2.37 bits per heavy atom. The van der Waals surface area contributed by atoms with Gasteiger partial charge in [0.25, 0.3) is 0 Å². The molecular weight excluding hydrogens is 252 g/mol. The van der Waals surface area contributed by atoms with Gasteiger partial charge in [0.15, 0.2) is 0 Å². The molecule has 0 saturated carbocycles. The summed E-state index contributed by atoms with van der Waals surface area (Å²) in [5, 5.41) is 14.4. The molecule has 1 heterocycles. The summed E-state index contributed by atoms with van der Waals surface area (Å²) in [5.41, 5.74) is -0.929. The monoisotopic (exact) mass is 272 g/mol. The number of carbonyl (C=O) groups excluding carboxylic acids is 2. The van der Waals surface area contributed by atoms with E-state index in [4.69, 9.17) is 4.74 Å². The number of amides is 2. The minimum Gasteiger partial charge on any atom is -0.481 e. The van der Waals surface area contributed by atoms with Crippen molar-refractivity contribution in [2.75, 3.05) is 26.3 Å². The normalized spacial score (nSPS) is 17.5. The van der Waals surface area contributed by atoms with Crippen LogP contribution in [0.5, 0.6) is 0 Å². The highest BCUT2D eigenvalue weighted by atomic mass is 16.5. The predicted octanol–water partition coefficient (Wildman–Crippen LogP) is -0.490. The molecule has 7 heteroatoms. The summed E-state index contributed by atoms with van der Waals surface area (Å²) in [6, 6.07) is 0. The number of carboxylic acids is 1. The van der Waals surface area contributed by atoms with Crippen LogP contribution in [0, 0.1) is 5.41 Å². The van der Waals surface area contributed by atoms with E-state index in [1.807, 2.05) is 0 Å². The van der Waals surface area contributed by atoms with Crippen LogP contribution in [-0.2, 0) is 19.1 Å². The number of carbonyl (C=O) groups is 3. The Kier molecular flexibility index (Phi) is 5.75. The minimum absolute atomic E-state index is 0.102. The van der Waals surface area contributed by atoms with Crippen LogP contribution in [0.2, 0.25) is 0 Å². The van der Waals surface area contributed by atoms with E-state index in [9.17, 15) is 19.5 Å². The van der Waals surface area contributed by atoms with Crippen LogP contribution in [0.3, 0.4) is 0 Å². The maximum Gasteiger partial charge on any atom is 0.311 e. The topological polar surface area (TPSA) is 105 Å². The first-order valence-electron chi connectivity index (χ1n) is 6.28. The third kappa shape index (κ3) is 4.86. The Morgan fingerprint density at radius 1 is 1.21 bits per heavy atom. The van der Waals surface area contributed by atoms with Gasteiger partial charge in [-0.2, -0.15) is 0 Å². The maximum absolute atomic E-state index is 11.5. The average Bonchev–Trinajstić information content (AvgIpc) is 2.37. The SMILES string of the molecule is CC(=O)NCCC(=O)NCC1(C(=O)O)CCOCC1. The van der Waals surface area contributed by atoms with Crippen LogP contribution in [0.4, 0.5) is 0 Å². The van der Waals surface area contributed by atoms with Crippen molar-refractivity contribution in [2.24, 2.45) is 5.41 Å². The molecule has 0 aromatic rings. The number of carboxylic acid groups (broad SMARTS) is 1. The van der Waals surface area contributed by atoms with Crippen molar-refractivity contribution in [3.63, 3.8) is 0 Å². The molecule has 1 rings (SSSR count). The van der Waals surface area contributed by atoms with Gasteiger partial charge < -0.3 is 20.5 Å². The average molecular weight is 272 g/mol. The lowest BCUT2D eigenvalue weighted by molar-refractivity contribution is -0.154. The summed E-state index contributed by atoms with van der Waals surface area (Å²) in [4.78, 5) is 33.5. The summed E-state index contributed by atoms with van der Waals surface area (Å²) >= 11 is 0. The molecule has 19 heavy (non-hydrogen) atoms. The minimum atomic E-state index is -0.929. The lowest BCUT2D eigenvalue weighted by Gasteiger charge is -2.33. The first-order chi connectivity index (χ1) is 8.96. The molecule has 0 radical (unpaired) electrons. The molecule has 0 atom stereocenters. The van der Waals surface area contributed by atoms with Crippen LogP contribution < -0.4 is 10.6 Å². The molecule has 0 unspecified atom stereocenters. The third-order valence-electron chi connectivity index (χ3n) is 3.25. The number of hydrogen-bond donors (Lipinski definition) is 3. The van der Waals surface area contributed by atoms with E-state index in [1.54, 1.807) is 0 Å².